The monoisotopic (exact) mass is 490 g/mol. The number of hydrogen-bond donors (Lipinski definition) is 0. The maximum atomic E-state index is 5.57. The van der Waals surface area contributed by atoms with Gasteiger partial charge in [0.25, 0.3) is 0 Å². The Balaban J connectivity index is 1.99. The Morgan fingerprint density at radius 2 is 0.806 bits per heavy atom. The average molecular weight is 491 g/mol. The van der Waals surface area contributed by atoms with Gasteiger partial charge >= 0.3 is 0 Å². The summed E-state index contributed by atoms with van der Waals surface area (Å²) in [6.45, 7) is 2.15. The van der Waals surface area contributed by atoms with Crippen molar-refractivity contribution < 1.29 is 28.4 Å². The molecule has 6 heteroatoms. The third-order valence-corrected chi connectivity index (χ3v) is 5.96. The third kappa shape index (κ3) is 5.77. The summed E-state index contributed by atoms with van der Waals surface area (Å²) >= 11 is 0. The van der Waals surface area contributed by atoms with Gasteiger partial charge in [0, 0.05) is 23.3 Å². The Morgan fingerprint density at radius 3 is 1.14 bits per heavy atom. The van der Waals surface area contributed by atoms with Crippen LogP contribution in [0.1, 0.15) is 34.7 Å². The highest BCUT2D eigenvalue weighted by atomic mass is 16.5. The lowest BCUT2D eigenvalue weighted by Crippen LogP contribution is -1.95. The van der Waals surface area contributed by atoms with Crippen LogP contribution in [-0.2, 0) is 6.42 Å². The first-order valence-corrected chi connectivity index (χ1v) is 11.6. The van der Waals surface area contributed by atoms with Gasteiger partial charge in [-0.05, 0) is 35.2 Å². The van der Waals surface area contributed by atoms with Crippen LogP contribution in [0.15, 0.2) is 42.5 Å². The van der Waals surface area contributed by atoms with Gasteiger partial charge in [0.15, 0.2) is 23.0 Å². The van der Waals surface area contributed by atoms with Crippen molar-refractivity contribution in [1.82, 2.24) is 0 Å². The van der Waals surface area contributed by atoms with Crippen LogP contribution in [0.3, 0.4) is 0 Å². The zero-order valence-corrected chi connectivity index (χ0v) is 22.0. The molecule has 0 aliphatic carbocycles. The Bertz CT molecular complexity index is 1150. The van der Waals surface area contributed by atoms with Crippen LogP contribution < -0.4 is 28.4 Å². The minimum atomic E-state index is 0.624. The van der Waals surface area contributed by atoms with Crippen LogP contribution in [-0.4, -0.2) is 42.7 Å². The topological polar surface area (TPSA) is 55.4 Å². The maximum absolute atomic E-state index is 5.57. The van der Waals surface area contributed by atoms with E-state index in [2.05, 4.69) is 37.3 Å². The summed E-state index contributed by atoms with van der Waals surface area (Å²) < 4.78 is 32.9. The van der Waals surface area contributed by atoms with E-state index in [1.807, 2.05) is 36.4 Å². The molecule has 0 aliphatic heterocycles. The van der Waals surface area contributed by atoms with Crippen LogP contribution in [0.2, 0.25) is 0 Å². The minimum Gasteiger partial charge on any atom is -0.496 e. The number of benzene rings is 3. The molecule has 3 rings (SSSR count). The van der Waals surface area contributed by atoms with Crippen LogP contribution in [0.25, 0.3) is 24.3 Å². The molecular formula is C30H34O6. The van der Waals surface area contributed by atoms with Gasteiger partial charge in [0.2, 0.25) is 0 Å². The van der Waals surface area contributed by atoms with E-state index in [1.54, 1.807) is 42.7 Å². The second-order valence-corrected chi connectivity index (χ2v) is 7.83. The zero-order chi connectivity index (χ0) is 26.1. The first kappa shape index (κ1) is 26.5. The molecule has 0 radical (unpaired) electrons. The summed E-state index contributed by atoms with van der Waals surface area (Å²) in [5, 5.41) is 0. The summed E-state index contributed by atoms with van der Waals surface area (Å²) in [5.41, 5.74) is 5.26. The van der Waals surface area contributed by atoms with Gasteiger partial charge in [-0.1, -0.05) is 49.4 Å². The highest BCUT2D eigenvalue weighted by molar-refractivity contribution is 5.80. The van der Waals surface area contributed by atoms with E-state index in [0.717, 1.165) is 28.7 Å². The molecule has 0 aliphatic rings. The lowest BCUT2D eigenvalue weighted by molar-refractivity contribution is 0.348. The lowest BCUT2D eigenvalue weighted by atomic mass is 9.97. The standard InChI is InChI=1S/C30H34O6/c1-8-24-20(12-14-22-16-27(33-4)29(35-6)18-25(22)31-2)10-9-11-21(24)13-15-23-17-28(34-5)30(36-7)19-26(23)32-3/h9-19H,8H2,1-7H3/b14-12+,15-13+. The van der Waals surface area contributed by atoms with E-state index in [4.69, 9.17) is 28.4 Å². The van der Waals surface area contributed by atoms with Gasteiger partial charge in [0.1, 0.15) is 11.5 Å². The predicted molar refractivity (Wildman–Crippen MR) is 146 cm³/mol. The summed E-state index contributed by atoms with van der Waals surface area (Å²) in [7, 11) is 9.74. The van der Waals surface area contributed by atoms with Crippen LogP contribution in [0, 0.1) is 0 Å². The Labute approximate surface area is 213 Å². The number of methoxy groups -OCH3 is 6. The molecule has 6 nitrogen and oxygen atoms in total. The quantitative estimate of drug-likeness (QED) is 0.281. The van der Waals surface area contributed by atoms with Crippen molar-refractivity contribution in [3.63, 3.8) is 0 Å². The van der Waals surface area contributed by atoms with Crippen molar-refractivity contribution >= 4 is 24.3 Å². The smallest absolute Gasteiger partial charge is 0.164 e. The maximum Gasteiger partial charge on any atom is 0.164 e. The summed E-state index contributed by atoms with van der Waals surface area (Å²) in [6, 6.07) is 13.7. The van der Waals surface area contributed by atoms with E-state index >= 15 is 0 Å². The molecule has 0 saturated carbocycles. The van der Waals surface area contributed by atoms with Crippen molar-refractivity contribution in [3.8, 4) is 34.5 Å². The summed E-state index contributed by atoms with van der Waals surface area (Å²) in [5.74, 6) is 3.96. The molecule has 0 aromatic heterocycles. The van der Waals surface area contributed by atoms with Crippen LogP contribution in [0.4, 0.5) is 0 Å². The first-order valence-electron chi connectivity index (χ1n) is 11.6. The van der Waals surface area contributed by atoms with Crippen LogP contribution in [0.5, 0.6) is 34.5 Å². The molecule has 0 bridgehead atoms. The Kier molecular flexibility index (Phi) is 9.28. The number of rotatable bonds is 11. The lowest BCUT2D eigenvalue weighted by Gasteiger charge is -2.13. The second kappa shape index (κ2) is 12.6. The summed E-state index contributed by atoms with van der Waals surface area (Å²) in [6.07, 6.45) is 9.11. The number of ether oxygens (including phenoxy) is 6. The molecule has 3 aromatic carbocycles. The van der Waals surface area contributed by atoms with Gasteiger partial charge < -0.3 is 28.4 Å². The fourth-order valence-electron chi connectivity index (χ4n) is 4.07. The molecule has 0 unspecified atom stereocenters. The largest absolute Gasteiger partial charge is 0.496 e. The minimum absolute atomic E-state index is 0.624. The van der Waals surface area contributed by atoms with Crippen molar-refractivity contribution in [2.24, 2.45) is 0 Å². The molecule has 0 heterocycles. The predicted octanol–water partition coefficient (Wildman–Crippen LogP) is 6.64. The molecule has 3 aromatic rings. The molecule has 36 heavy (non-hydrogen) atoms. The molecule has 0 spiro atoms. The molecule has 0 saturated heterocycles. The summed E-state index contributed by atoms with van der Waals surface area (Å²) in [4.78, 5) is 0. The van der Waals surface area contributed by atoms with Gasteiger partial charge in [-0.15, -0.1) is 0 Å². The van der Waals surface area contributed by atoms with Crippen molar-refractivity contribution in [2.75, 3.05) is 42.7 Å². The molecule has 0 atom stereocenters. The highest BCUT2D eigenvalue weighted by Crippen LogP contribution is 2.37. The molecule has 0 N–H and O–H groups in total. The van der Waals surface area contributed by atoms with Crippen molar-refractivity contribution in [2.45, 2.75) is 13.3 Å². The Hall–Kier alpha value is -4.06. The van der Waals surface area contributed by atoms with Crippen LogP contribution >= 0.6 is 0 Å². The van der Waals surface area contributed by atoms with E-state index in [1.165, 1.54) is 5.56 Å². The Morgan fingerprint density at radius 1 is 0.472 bits per heavy atom. The second-order valence-electron chi connectivity index (χ2n) is 7.83. The molecule has 190 valence electrons. The normalized spacial score (nSPS) is 11.1. The third-order valence-electron chi connectivity index (χ3n) is 5.96. The van der Waals surface area contributed by atoms with E-state index < -0.39 is 0 Å². The zero-order valence-electron chi connectivity index (χ0n) is 22.0. The van der Waals surface area contributed by atoms with Crippen molar-refractivity contribution in [3.05, 3.63) is 70.3 Å². The first-order chi connectivity index (χ1) is 17.5. The van der Waals surface area contributed by atoms with E-state index in [0.29, 0.717) is 34.5 Å². The number of hydrogen-bond acceptors (Lipinski definition) is 6. The SMILES string of the molecule is CCc1c(/C=C/c2cc(OC)c(OC)cc2OC)cccc1/C=C/c1cc(OC)c(OC)cc1OC. The van der Waals surface area contributed by atoms with Gasteiger partial charge in [0.05, 0.1) is 42.7 Å². The average Bonchev–Trinajstić information content (AvgIpc) is 2.93. The highest BCUT2D eigenvalue weighted by Gasteiger charge is 2.12. The van der Waals surface area contributed by atoms with Gasteiger partial charge in [-0.25, -0.2) is 0 Å². The van der Waals surface area contributed by atoms with E-state index in [9.17, 15) is 0 Å². The fourth-order valence-corrected chi connectivity index (χ4v) is 4.07. The fraction of sp³-hybridized carbons (Fsp3) is 0.267. The van der Waals surface area contributed by atoms with Gasteiger partial charge in [-0.2, -0.15) is 0 Å². The van der Waals surface area contributed by atoms with E-state index in [-0.39, 0.29) is 0 Å². The molecular weight excluding hydrogens is 456 g/mol. The van der Waals surface area contributed by atoms with Gasteiger partial charge in [-0.3, -0.25) is 0 Å². The molecule has 0 fully saturated rings. The van der Waals surface area contributed by atoms with Crippen molar-refractivity contribution in [1.29, 1.82) is 0 Å². The molecule has 0 amide bonds.